The van der Waals surface area contributed by atoms with Crippen LogP contribution in [0.1, 0.15) is 25.3 Å². The Labute approximate surface area is 136 Å². The Morgan fingerprint density at radius 2 is 2.00 bits per heavy atom. The molecule has 0 aliphatic carbocycles. The molecule has 1 aliphatic heterocycles. The zero-order valence-electron chi connectivity index (χ0n) is 12.1. The minimum absolute atomic E-state index is 0.200. The van der Waals surface area contributed by atoms with Crippen LogP contribution in [-0.4, -0.2) is 32.5 Å². The van der Waals surface area contributed by atoms with E-state index in [1.165, 1.54) is 0 Å². The maximum Gasteiger partial charge on any atom is 0.150 e. The van der Waals surface area contributed by atoms with Gasteiger partial charge in [-0.25, -0.2) is 8.42 Å². The molecule has 1 aromatic rings. The van der Waals surface area contributed by atoms with Gasteiger partial charge in [0.15, 0.2) is 9.84 Å². The molecule has 1 aromatic carbocycles. The van der Waals surface area contributed by atoms with Gasteiger partial charge in [0, 0.05) is 16.1 Å². The minimum atomic E-state index is -2.83. The normalized spacial score (nSPS) is 22.3. The Morgan fingerprint density at radius 1 is 1.33 bits per heavy atom. The standard InChI is InChI=1S/C15H21Cl2NO2S/c1-2-18-12(8-11-6-7-21(19,20)10-11)9-13-14(16)4-3-5-15(13)17/h3-5,11-12,18H,2,6-10H2,1H3. The summed E-state index contributed by atoms with van der Waals surface area (Å²) in [4.78, 5) is 0. The number of hydrogen-bond donors (Lipinski definition) is 1. The molecule has 1 N–H and O–H groups in total. The van der Waals surface area contributed by atoms with E-state index < -0.39 is 9.84 Å². The molecule has 0 bridgehead atoms. The molecule has 21 heavy (non-hydrogen) atoms. The maximum absolute atomic E-state index is 11.6. The summed E-state index contributed by atoms with van der Waals surface area (Å²) in [6, 6.07) is 5.71. The van der Waals surface area contributed by atoms with Crippen LogP contribution in [0.3, 0.4) is 0 Å². The second-order valence-corrected chi connectivity index (χ2v) is 8.71. The van der Waals surface area contributed by atoms with Crippen molar-refractivity contribution in [3.63, 3.8) is 0 Å². The number of rotatable bonds is 6. The number of sulfone groups is 1. The van der Waals surface area contributed by atoms with Crippen molar-refractivity contribution < 1.29 is 8.42 Å². The molecule has 0 aromatic heterocycles. The van der Waals surface area contributed by atoms with Gasteiger partial charge in [0.05, 0.1) is 11.5 Å². The summed E-state index contributed by atoms with van der Waals surface area (Å²) in [6.45, 7) is 2.89. The molecular formula is C15H21Cl2NO2S. The van der Waals surface area contributed by atoms with E-state index in [0.717, 1.165) is 31.4 Å². The molecule has 1 aliphatic rings. The number of halogens is 2. The molecule has 0 amide bonds. The Bertz CT molecular complexity index is 569. The van der Waals surface area contributed by atoms with Crippen LogP contribution in [0.25, 0.3) is 0 Å². The molecule has 2 unspecified atom stereocenters. The van der Waals surface area contributed by atoms with Crippen LogP contribution < -0.4 is 5.32 Å². The first kappa shape index (κ1) is 17.1. The number of benzene rings is 1. The third kappa shape index (κ3) is 4.85. The lowest BCUT2D eigenvalue weighted by atomic mass is 9.94. The molecule has 3 nitrogen and oxygen atoms in total. The summed E-state index contributed by atoms with van der Waals surface area (Å²) in [7, 11) is -2.83. The third-order valence-electron chi connectivity index (χ3n) is 3.95. The lowest BCUT2D eigenvalue weighted by Crippen LogP contribution is -2.33. The zero-order chi connectivity index (χ0) is 15.5. The molecule has 118 valence electrons. The highest BCUT2D eigenvalue weighted by molar-refractivity contribution is 7.91. The van der Waals surface area contributed by atoms with Gasteiger partial charge in [-0.05, 0) is 49.4 Å². The topological polar surface area (TPSA) is 46.2 Å². The predicted octanol–water partition coefficient (Wildman–Crippen LogP) is 3.34. The van der Waals surface area contributed by atoms with Gasteiger partial charge in [0.25, 0.3) is 0 Å². The van der Waals surface area contributed by atoms with Gasteiger partial charge < -0.3 is 5.32 Å². The van der Waals surface area contributed by atoms with Crippen LogP contribution in [0.4, 0.5) is 0 Å². The highest BCUT2D eigenvalue weighted by Crippen LogP contribution is 2.29. The molecule has 1 saturated heterocycles. The van der Waals surface area contributed by atoms with E-state index >= 15 is 0 Å². The van der Waals surface area contributed by atoms with Crippen molar-refractivity contribution >= 4 is 33.0 Å². The first-order valence-corrected chi connectivity index (χ1v) is 9.85. The summed E-state index contributed by atoms with van der Waals surface area (Å²) in [5.41, 5.74) is 0.938. The van der Waals surface area contributed by atoms with Crippen molar-refractivity contribution in [3.05, 3.63) is 33.8 Å². The van der Waals surface area contributed by atoms with Crippen LogP contribution in [0.15, 0.2) is 18.2 Å². The molecular weight excluding hydrogens is 329 g/mol. The molecule has 0 saturated carbocycles. The van der Waals surface area contributed by atoms with Crippen LogP contribution in [-0.2, 0) is 16.3 Å². The SMILES string of the molecule is CCNC(Cc1c(Cl)cccc1Cl)CC1CCS(=O)(=O)C1. The smallest absolute Gasteiger partial charge is 0.150 e. The summed E-state index contributed by atoms with van der Waals surface area (Å²) in [5, 5.41) is 4.77. The van der Waals surface area contributed by atoms with Gasteiger partial charge in [-0.3, -0.25) is 0 Å². The fraction of sp³-hybridized carbons (Fsp3) is 0.600. The molecule has 1 fully saturated rings. The lowest BCUT2D eigenvalue weighted by molar-refractivity contribution is 0.409. The Morgan fingerprint density at radius 3 is 2.52 bits per heavy atom. The average Bonchev–Trinajstić information content (AvgIpc) is 2.73. The highest BCUT2D eigenvalue weighted by Gasteiger charge is 2.30. The summed E-state index contributed by atoms with van der Waals surface area (Å²) < 4.78 is 23.2. The van der Waals surface area contributed by atoms with E-state index in [1.54, 1.807) is 0 Å². The Kier molecular flexibility index (Phi) is 5.95. The van der Waals surface area contributed by atoms with Crippen molar-refractivity contribution in [1.82, 2.24) is 5.32 Å². The quantitative estimate of drug-likeness (QED) is 0.856. The molecule has 2 rings (SSSR count). The van der Waals surface area contributed by atoms with E-state index in [0.29, 0.717) is 21.6 Å². The van der Waals surface area contributed by atoms with Gasteiger partial charge in [0.2, 0.25) is 0 Å². The van der Waals surface area contributed by atoms with E-state index in [9.17, 15) is 8.42 Å². The molecule has 1 heterocycles. The monoisotopic (exact) mass is 349 g/mol. The maximum atomic E-state index is 11.6. The first-order valence-electron chi connectivity index (χ1n) is 7.28. The van der Waals surface area contributed by atoms with Gasteiger partial charge in [-0.2, -0.15) is 0 Å². The molecule has 2 atom stereocenters. The van der Waals surface area contributed by atoms with Crippen LogP contribution in [0.5, 0.6) is 0 Å². The number of hydrogen-bond acceptors (Lipinski definition) is 3. The van der Waals surface area contributed by atoms with Gasteiger partial charge >= 0.3 is 0 Å². The van der Waals surface area contributed by atoms with Gasteiger partial charge in [-0.15, -0.1) is 0 Å². The van der Waals surface area contributed by atoms with Crippen molar-refractivity contribution in [1.29, 1.82) is 0 Å². The Balaban J connectivity index is 2.06. The van der Waals surface area contributed by atoms with Crippen molar-refractivity contribution in [2.24, 2.45) is 5.92 Å². The first-order chi connectivity index (χ1) is 9.91. The average molecular weight is 350 g/mol. The van der Waals surface area contributed by atoms with Crippen molar-refractivity contribution in [2.45, 2.75) is 32.2 Å². The number of nitrogens with one attached hydrogen (secondary N) is 1. The summed E-state index contributed by atoms with van der Waals surface area (Å²) in [6.07, 6.45) is 2.33. The predicted molar refractivity (Wildman–Crippen MR) is 89.0 cm³/mol. The highest BCUT2D eigenvalue weighted by atomic mass is 35.5. The minimum Gasteiger partial charge on any atom is -0.314 e. The number of likely N-dealkylation sites (N-methyl/N-ethyl adjacent to an activating group) is 1. The van der Waals surface area contributed by atoms with Crippen LogP contribution >= 0.6 is 23.2 Å². The second kappa shape index (κ2) is 7.32. The zero-order valence-corrected chi connectivity index (χ0v) is 14.4. The van der Waals surface area contributed by atoms with E-state index in [-0.39, 0.29) is 12.0 Å². The van der Waals surface area contributed by atoms with Crippen LogP contribution in [0.2, 0.25) is 10.0 Å². The van der Waals surface area contributed by atoms with Crippen molar-refractivity contribution in [2.75, 3.05) is 18.1 Å². The van der Waals surface area contributed by atoms with Gasteiger partial charge in [-0.1, -0.05) is 36.2 Å². The van der Waals surface area contributed by atoms with Crippen molar-refractivity contribution in [3.8, 4) is 0 Å². The van der Waals surface area contributed by atoms with E-state index in [4.69, 9.17) is 23.2 Å². The Hall–Kier alpha value is -0.290. The van der Waals surface area contributed by atoms with Gasteiger partial charge in [0.1, 0.15) is 0 Å². The second-order valence-electron chi connectivity index (χ2n) is 5.66. The molecule has 0 spiro atoms. The fourth-order valence-corrected chi connectivity index (χ4v) is 5.39. The largest absolute Gasteiger partial charge is 0.314 e. The lowest BCUT2D eigenvalue weighted by Gasteiger charge is -2.22. The van der Waals surface area contributed by atoms with Crippen LogP contribution in [0, 0.1) is 5.92 Å². The van der Waals surface area contributed by atoms with E-state index in [1.807, 2.05) is 25.1 Å². The third-order valence-corrected chi connectivity index (χ3v) is 6.49. The summed E-state index contributed by atoms with van der Waals surface area (Å²) in [5.74, 6) is 0.870. The fourth-order valence-electron chi connectivity index (χ4n) is 2.96. The van der Waals surface area contributed by atoms with E-state index in [2.05, 4.69) is 5.32 Å². The molecule has 0 radical (unpaired) electrons. The summed E-state index contributed by atoms with van der Waals surface area (Å²) >= 11 is 12.5. The molecule has 6 heteroatoms.